The van der Waals surface area contributed by atoms with E-state index >= 15 is 0 Å². The first-order chi connectivity index (χ1) is 4.23. The van der Waals surface area contributed by atoms with Crippen LogP contribution in [0.1, 0.15) is 40.0 Å². The Balaban J connectivity index is 2.47. The molecule has 0 aromatic carbocycles. The minimum absolute atomic E-state index is 0.621. The van der Waals surface area contributed by atoms with Crippen molar-refractivity contribution >= 4 is 0 Å². The molecule has 0 saturated heterocycles. The lowest BCUT2D eigenvalue weighted by atomic mass is 10.1. The van der Waals surface area contributed by atoms with Crippen molar-refractivity contribution in [3.63, 3.8) is 0 Å². The Hall–Kier alpha value is -0.260. The molecule has 1 unspecified atom stereocenters. The minimum atomic E-state index is 0.621. The second-order valence-electron chi connectivity index (χ2n) is 3.23. The molecule has 0 aromatic heterocycles. The Morgan fingerprint density at radius 2 is 2.22 bits per heavy atom. The molecule has 0 aromatic rings. The maximum atomic E-state index is 2.38. The van der Waals surface area contributed by atoms with Crippen molar-refractivity contribution in [1.29, 1.82) is 0 Å². The first-order valence-corrected chi connectivity index (χ1v) is 3.92. The fourth-order valence-electron chi connectivity index (χ4n) is 1.29. The zero-order valence-electron chi connectivity index (χ0n) is 6.70. The van der Waals surface area contributed by atoms with Gasteiger partial charge in [0.15, 0.2) is 0 Å². The zero-order chi connectivity index (χ0) is 6.91. The summed E-state index contributed by atoms with van der Waals surface area (Å²) in [5, 5.41) is 0. The molecule has 1 aliphatic carbocycles. The predicted octanol–water partition coefficient (Wildman–Crippen LogP) is 3.14. The first-order valence-electron chi connectivity index (χ1n) is 3.92. The van der Waals surface area contributed by atoms with Gasteiger partial charge in [-0.15, -0.1) is 0 Å². The average molecular weight is 124 g/mol. The molecule has 1 saturated carbocycles. The molecule has 0 amide bonds. The third-order valence-corrected chi connectivity index (χ3v) is 2.46. The highest BCUT2D eigenvalue weighted by molar-refractivity contribution is 5.30. The van der Waals surface area contributed by atoms with Crippen LogP contribution in [0.5, 0.6) is 0 Å². The van der Waals surface area contributed by atoms with Crippen LogP contribution in [0.4, 0.5) is 0 Å². The highest BCUT2D eigenvalue weighted by atomic mass is 14.5. The lowest BCUT2D eigenvalue weighted by Gasteiger charge is -1.98. The van der Waals surface area contributed by atoms with E-state index in [1.165, 1.54) is 19.3 Å². The summed E-state index contributed by atoms with van der Waals surface area (Å²) in [6.07, 6.45) is 6.27. The van der Waals surface area contributed by atoms with Gasteiger partial charge in [0.25, 0.3) is 0 Å². The van der Waals surface area contributed by atoms with Crippen LogP contribution >= 0.6 is 0 Å². The summed E-state index contributed by atoms with van der Waals surface area (Å²) in [7, 11) is 0. The van der Waals surface area contributed by atoms with E-state index in [2.05, 4.69) is 26.8 Å². The molecule has 0 heterocycles. The van der Waals surface area contributed by atoms with Crippen LogP contribution < -0.4 is 0 Å². The standard InChI is InChI=1S/C9H16/c1-4-6-8-7-9(8,3)5-2/h6H,4-5,7H2,1-3H3. The zero-order valence-corrected chi connectivity index (χ0v) is 6.70. The quantitative estimate of drug-likeness (QED) is 0.496. The Morgan fingerprint density at radius 3 is 2.56 bits per heavy atom. The van der Waals surface area contributed by atoms with Gasteiger partial charge >= 0.3 is 0 Å². The van der Waals surface area contributed by atoms with Gasteiger partial charge in [-0.25, -0.2) is 0 Å². The molecule has 0 aliphatic heterocycles. The first kappa shape index (κ1) is 6.85. The van der Waals surface area contributed by atoms with Gasteiger partial charge in [-0.3, -0.25) is 0 Å². The van der Waals surface area contributed by atoms with Crippen molar-refractivity contribution in [2.75, 3.05) is 0 Å². The fourth-order valence-corrected chi connectivity index (χ4v) is 1.29. The molecule has 0 bridgehead atoms. The molecule has 1 fully saturated rings. The average Bonchev–Trinajstić information content (AvgIpc) is 2.46. The minimum Gasteiger partial charge on any atom is -0.0850 e. The molecule has 1 aliphatic rings. The molecule has 0 spiro atoms. The van der Waals surface area contributed by atoms with Gasteiger partial charge in [-0.05, 0) is 24.7 Å². The van der Waals surface area contributed by atoms with Crippen LogP contribution in [0.25, 0.3) is 0 Å². The summed E-state index contributed by atoms with van der Waals surface area (Å²) in [4.78, 5) is 0. The van der Waals surface area contributed by atoms with E-state index in [4.69, 9.17) is 0 Å². The third-order valence-electron chi connectivity index (χ3n) is 2.46. The highest BCUT2D eigenvalue weighted by Crippen LogP contribution is 2.54. The molecule has 0 radical (unpaired) electrons. The van der Waals surface area contributed by atoms with Gasteiger partial charge in [-0.2, -0.15) is 0 Å². The van der Waals surface area contributed by atoms with Gasteiger partial charge in [0.05, 0.1) is 0 Å². The molecular weight excluding hydrogens is 108 g/mol. The van der Waals surface area contributed by atoms with Crippen LogP contribution in [0.3, 0.4) is 0 Å². The lowest BCUT2D eigenvalue weighted by molar-refractivity contribution is 0.579. The van der Waals surface area contributed by atoms with E-state index in [9.17, 15) is 0 Å². The van der Waals surface area contributed by atoms with Crippen molar-refractivity contribution in [2.24, 2.45) is 5.41 Å². The van der Waals surface area contributed by atoms with Crippen LogP contribution in [-0.2, 0) is 0 Å². The van der Waals surface area contributed by atoms with Crippen LogP contribution in [0.2, 0.25) is 0 Å². The Bertz CT molecular complexity index is 133. The third kappa shape index (κ3) is 1.17. The number of hydrogen-bond donors (Lipinski definition) is 0. The fraction of sp³-hybridized carbons (Fsp3) is 0.778. The number of rotatable bonds is 2. The largest absolute Gasteiger partial charge is 0.0850 e. The highest BCUT2D eigenvalue weighted by Gasteiger charge is 2.41. The topological polar surface area (TPSA) is 0 Å². The SMILES string of the molecule is CCC=C1CC1(C)CC. The van der Waals surface area contributed by atoms with Crippen molar-refractivity contribution < 1.29 is 0 Å². The van der Waals surface area contributed by atoms with Gasteiger partial charge in [0.2, 0.25) is 0 Å². The van der Waals surface area contributed by atoms with Gasteiger partial charge < -0.3 is 0 Å². The van der Waals surface area contributed by atoms with E-state index in [0.717, 1.165) is 0 Å². The maximum Gasteiger partial charge on any atom is -0.00814 e. The Morgan fingerprint density at radius 1 is 1.56 bits per heavy atom. The summed E-state index contributed by atoms with van der Waals surface area (Å²) >= 11 is 0. The maximum absolute atomic E-state index is 2.38. The predicted molar refractivity (Wildman–Crippen MR) is 41.4 cm³/mol. The molecule has 0 nitrogen and oxygen atoms in total. The van der Waals surface area contributed by atoms with Crippen molar-refractivity contribution in [2.45, 2.75) is 40.0 Å². The van der Waals surface area contributed by atoms with Gasteiger partial charge in [-0.1, -0.05) is 32.4 Å². The van der Waals surface area contributed by atoms with Crippen molar-refractivity contribution in [1.82, 2.24) is 0 Å². The van der Waals surface area contributed by atoms with Crippen LogP contribution in [-0.4, -0.2) is 0 Å². The van der Waals surface area contributed by atoms with Gasteiger partial charge in [0, 0.05) is 0 Å². The van der Waals surface area contributed by atoms with E-state index < -0.39 is 0 Å². The summed E-state index contributed by atoms with van der Waals surface area (Å²) in [6.45, 7) is 6.84. The second-order valence-corrected chi connectivity index (χ2v) is 3.23. The Kier molecular flexibility index (Phi) is 1.65. The summed E-state index contributed by atoms with van der Waals surface area (Å²) in [6, 6.07) is 0. The second kappa shape index (κ2) is 2.17. The summed E-state index contributed by atoms with van der Waals surface area (Å²) in [5.74, 6) is 0. The molecular formula is C9H16. The molecule has 1 rings (SSSR count). The molecule has 52 valence electrons. The van der Waals surface area contributed by atoms with Crippen molar-refractivity contribution in [3.05, 3.63) is 11.6 Å². The van der Waals surface area contributed by atoms with Gasteiger partial charge in [0.1, 0.15) is 0 Å². The summed E-state index contributed by atoms with van der Waals surface area (Å²) in [5.41, 5.74) is 2.31. The van der Waals surface area contributed by atoms with E-state index in [0.29, 0.717) is 5.41 Å². The Labute approximate surface area is 58.0 Å². The normalized spacial score (nSPS) is 37.4. The lowest BCUT2D eigenvalue weighted by Crippen LogP contribution is -1.87. The molecule has 9 heavy (non-hydrogen) atoms. The summed E-state index contributed by atoms with van der Waals surface area (Å²) < 4.78 is 0. The van der Waals surface area contributed by atoms with E-state index in [1.54, 1.807) is 5.57 Å². The monoisotopic (exact) mass is 124 g/mol. The number of hydrogen-bond acceptors (Lipinski definition) is 0. The molecule has 1 atom stereocenters. The number of allylic oxidation sites excluding steroid dienone is 2. The van der Waals surface area contributed by atoms with E-state index in [-0.39, 0.29) is 0 Å². The molecule has 0 N–H and O–H groups in total. The smallest absolute Gasteiger partial charge is 0.00814 e. The van der Waals surface area contributed by atoms with Crippen molar-refractivity contribution in [3.8, 4) is 0 Å². The van der Waals surface area contributed by atoms with E-state index in [1.807, 2.05) is 0 Å². The molecule has 0 heteroatoms. The van der Waals surface area contributed by atoms with Crippen LogP contribution in [0, 0.1) is 5.41 Å². The van der Waals surface area contributed by atoms with Crippen LogP contribution in [0.15, 0.2) is 11.6 Å².